The molecule has 2 aromatic carbocycles. The minimum absolute atomic E-state index is 0.634. The van der Waals surface area contributed by atoms with Crippen molar-refractivity contribution in [2.75, 3.05) is 5.32 Å². The van der Waals surface area contributed by atoms with Crippen molar-refractivity contribution >= 4 is 38.9 Å². The van der Waals surface area contributed by atoms with Crippen LogP contribution < -0.4 is 10.6 Å². The predicted molar refractivity (Wildman–Crippen MR) is 93.1 cm³/mol. The number of halogens is 1. The third kappa shape index (κ3) is 4.05. The number of nitrogens with one attached hydrogen (secondary N) is 2. The molecule has 0 saturated carbocycles. The lowest BCUT2D eigenvalue weighted by molar-refractivity contribution is 0.915. The minimum Gasteiger partial charge on any atom is -0.358 e. The van der Waals surface area contributed by atoms with Gasteiger partial charge in [0.2, 0.25) is 0 Å². The topological polar surface area (TPSA) is 24.1 Å². The van der Waals surface area contributed by atoms with Crippen molar-refractivity contribution in [3.05, 3.63) is 63.6 Å². The van der Waals surface area contributed by atoms with E-state index in [1.54, 1.807) is 0 Å². The van der Waals surface area contributed by atoms with Crippen LogP contribution in [0.4, 0.5) is 5.69 Å². The normalized spacial score (nSPS) is 10.2. The molecular weight excluding hydrogens is 332 g/mol. The highest BCUT2D eigenvalue weighted by Crippen LogP contribution is 2.19. The Balaban J connectivity index is 1.93. The monoisotopic (exact) mass is 348 g/mol. The van der Waals surface area contributed by atoms with Crippen LogP contribution in [-0.4, -0.2) is 5.11 Å². The van der Waals surface area contributed by atoms with E-state index >= 15 is 0 Å². The van der Waals surface area contributed by atoms with Crippen LogP contribution in [0.1, 0.15) is 16.7 Å². The quantitative estimate of drug-likeness (QED) is 0.795. The summed E-state index contributed by atoms with van der Waals surface area (Å²) < 4.78 is 1.10. The fourth-order valence-electron chi connectivity index (χ4n) is 1.88. The van der Waals surface area contributed by atoms with E-state index in [4.69, 9.17) is 12.2 Å². The second-order valence-electron chi connectivity index (χ2n) is 4.70. The van der Waals surface area contributed by atoms with E-state index in [-0.39, 0.29) is 0 Å². The maximum absolute atomic E-state index is 5.32. The van der Waals surface area contributed by atoms with Crippen LogP contribution >= 0.6 is 28.1 Å². The van der Waals surface area contributed by atoms with E-state index in [2.05, 4.69) is 58.6 Å². The standard InChI is InChI=1S/C16H17BrN2S/c1-11-5-3-4-6-13(11)10-18-16(20)19-14-7-8-15(17)12(2)9-14/h3-9H,10H2,1-2H3,(H2,18,19,20). The molecule has 0 heterocycles. The first-order valence-corrected chi connectivity index (χ1v) is 7.62. The molecule has 0 bridgehead atoms. The van der Waals surface area contributed by atoms with Gasteiger partial charge in [-0.15, -0.1) is 0 Å². The van der Waals surface area contributed by atoms with E-state index in [1.165, 1.54) is 16.7 Å². The van der Waals surface area contributed by atoms with Crippen molar-refractivity contribution in [1.29, 1.82) is 0 Å². The summed E-state index contributed by atoms with van der Waals surface area (Å²) in [5, 5.41) is 7.06. The molecule has 2 nitrogen and oxygen atoms in total. The van der Waals surface area contributed by atoms with Crippen molar-refractivity contribution in [2.24, 2.45) is 0 Å². The molecule has 0 unspecified atom stereocenters. The van der Waals surface area contributed by atoms with Gasteiger partial charge in [-0.1, -0.05) is 40.2 Å². The van der Waals surface area contributed by atoms with Gasteiger partial charge in [-0.3, -0.25) is 0 Å². The van der Waals surface area contributed by atoms with E-state index in [0.717, 1.165) is 16.7 Å². The Morgan fingerprint density at radius 1 is 1.10 bits per heavy atom. The van der Waals surface area contributed by atoms with Gasteiger partial charge in [-0.05, 0) is 61.0 Å². The molecule has 0 radical (unpaired) electrons. The Morgan fingerprint density at radius 2 is 1.85 bits per heavy atom. The van der Waals surface area contributed by atoms with Gasteiger partial charge < -0.3 is 10.6 Å². The third-order valence-electron chi connectivity index (χ3n) is 3.12. The van der Waals surface area contributed by atoms with E-state index in [9.17, 15) is 0 Å². The number of anilines is 1. The minimum atomic E-state index is 0.634. The number of thiocarbonyl (C=S) groups is 1. The first kappa shape index (κ1) is 15.0. The van der Waals surface area contributed by atoms with Crippen LogP contribution in [0.25, 0.3) is 0 Å². The van der Waals surface area contributed by atoms with Crippen molar-refractivity contribution < 1.29 is 0 Å². The molecule has 0 amide bonds. The average molecular weight is 349 g/mol. The van der Waals surface area contributed by atoms with Gasteiger partial charge in [-0.25, -0.2) is 0 Å². The Hall–Kier alpha value is -1.39. The molecule has 0 aliphatic heterocycles. The van der Waals surface area contributed by atoms with E-state index < -0.39 is 0 Å². The highest BCUT2D eigenvalue weighted by Gasteiger charge is 2.01. The highest BCUT2D eigenvalue weighted by molar-refractivity contribution is 9.10. The van der Waals surface area contributed by atoms with Gasteiger partial charge in [0.15, 0.2) is 5.11 Å². The summed E-state index contributed by atoms with van der Waals surface area (Å²) in [6.07, 6.45) is 0. The van der Waals surface area contributed by atoms with Gasteiger partial charge in [0.25, 0.3) is 0 Å². The van der Waals surface area contributed by atoms with Crippen molar-refractivity contribution in [1.82, 2.24) is 5.32 Å². The number of benzene rings is 2. The summed E-state index contributed by atoms with van der Waals surface area (Å²) in [4.78, 5) is 0. The summed E-state index contributed by atoms with van der Waals surface area (Å²) in [6.45, 7) is 4.89. The second kappa shape index (κ2) is 6.86. The summed E-state index contributed by atoms with van der Waals surface area (Å²) in [5.74, 6) is 0. The van der Waals surface area contributed by atoms with Crippen LogP contribution in [0.5, 0.6) is 0 Å². The molecule has 0 aliphatic carbocycles. The molecule has 104 valence electrons. The lowest BCUT2D eigenvalue weighted by atomic mass is 10.1. The zero-order valence-corrected chi connectivity index (χ0v) is 13.9. The summed E-state index contributed by atoms with van der Waals surface area (Å²) in [6, 6.07) is 14.4. The number of hydrogen-bond donors (Lipinski definition) is 2. The Kier molecular flexibility index (Phi) is 5.15. The lowest BCUT2D eigenvalue weighted by Gasteiger charge is -2.12. The van der Waals surface area contributed by atoms with Gasteiger partial charge in [0, 0.05) is 16.7 Å². The third-order valence-corrected chi connectivity index (χ3v) is 4.25. The summed E-state index contributed by atoms with van der Waals surface area (Å²) in [5.41, 5.74) is 4.69. The molecule has 0 aromatic heterocycles. The van der Waals surface area contributed by atoms with Crippen molar-refractivity contribution in [3.63, 3.8) is 0 Å². The Bertz CT molecular complexity index is 626. The molecule has 2 N–H and O–H groups in total. The average Bonchev–Trinajstić information content (AvgIpc) is 2.42. The van der Waals surface area contributed by atoms with Crippen LogP contribution in [0.15, 0.2) is 46.9 Å². The fourth-order valence-corrected chi connectivity index (χ4v) is 2.32. The molecular formula is C16H17BrN2S. The smallest absolute Gasteiger partial charge is 0.171 e. The van der Waals surface area contributed by atoms with Gasteiger partial charge in [0.05, 0.1) is 0 Å². The van der Waals surface area contributed by atoms with E-state index in [1.807, 2.05) is 24.3 Å². The number of hydrogen-bond acceptors (Lipinski definition) is 1. The van der Waals surface area contributed by atoms with E-state index in [0.29, 0.717) is 5.11 Å². The summed E-state index contributed by atoms with van der Waals surface area (Å²) in [7, 11) is 0. The molecule has 2 aromatic rings. The Morgan fingerprint density at radius 3 is 2.55 bits per heavy atom. The maximum atomic E-state index is 5.32. The molecule has 0 aliphatic rings. The predicted octanol–water partition coefficient (Wildman–Crippen LogP) is 4.55. The van der Waals surface area contributed by atoms with Gasteiger partial charge in [0.1, 0.15) is 0 Å². The molecule has 0 spiro atoms. The number of rotatable bonds is 3. The molecule has 0 fully saturated rings. The first-order chi connectivity index (χ1) is 9.56. The van der Waals surface area contributed by atoms with Crippen molar-refractivity contribution in [2.45, 2.75) is 20.4 Å². The highest BCUT2D eigenvalue weighted by atomic mass is 79.9. The Labute approximate surface area is 133 Å². The van der Waals surface area contributed by atoms with Gasteiger partial charge in [-0.2, -0.15) is 0 Å². The molecule has 20 heavy (non-hydrogen) atoms. The van der Waals surface area contributed by atoms with Gasteiger partial charge >= 0.3 is 0 Å². The summed E-state index contributed by atoms with van der Waals surface area (Å²) >= 11 is 8.81. The lowest BCUT2D eigenvalue weighted by Crippen LogP contribution is -2.28. The second-order valence-corrected chi connectivity index (χ2v) is 5.96. The van der Waals surface area contributed by atoms with Crippen molar-refractivity contribution in [3.8, 4) is 0 Å². The molecule has 2 rings (SSSR count). The maximum Gasteiger partial charge on any atom is 0.171 e. The molecule has 4 heteroatoms. The SMILES string of the molecule is Cc1cc(NC(=S)NCc2ccccc2C)ccc1Br. The van der Waals surface area contributed by atoms with Crippen LogP contribution in [0.3, 0.4) is 0 Å². The van der Waals surface area contributed by atoms with Crippen LogP contribution in [0.2, 0.25) is 0 Å². The zero-order valence-electron chi connectivity index (χ0n) is 11.5. The largest absolute Gasteiger partial charge is 0.358 e. The molecule has 0 saturated heterocycles. The molecule has 0 atom stereocenters. The fraction of sp³-hybridized carbons (Fsp3) is 0.188. The zero-order chi connectivity index (χ0) is 14.5. The van der Waals surface area contributed by atoms with Crippen LogP contribution in [-0.2, 0) is 6.54 Å². The first-order valence-electron chi connectivity index (χ1n) is 6.42. The van der Waals surface area contributed by atoms with Crippen LogP contribution in [0, 0.1) is 13.8 Å². The number of aryl methyl sites for hydroxylation is 2.